The Hall–Kier alpha value is -2.40. The van der Waals surface area contributed by atoms with Crippen LogP contribution in [0.4, 0.5) is 11.4 Å². The van der Waals surface area contributed by atoms with E-state index >= 15 is 0 Å². The number of carbonyl (C=O) groups is 1. The molecule has 0 fully saturated rings. The molecule has 106 valence electrons. The number of rotatable bonds is 2. The van der Waals surface area contributed by atoms with Gasteiger partial charge in [0, 0.05) is 12.2 Å². The van der Waals surface area contributed by atoms with Crippen LogP contribution in [0.1, 0.15) is 15.9 Å². The molecule has 1 aliphatic rings. The molecule has 2 aromatic carbocycles. The minimum absolute atomic E-state index is 0.0423. The number of hydrogen-bond acceptors (Lipinski definition) is 2. The number of nitrogens with two attached hydrogens (primary N) is 1. The lowest BCUT2D eigenvalue weighted by Crippen LogP contribution is -2.30. The summed E-state index contributed by atoms with van der Waals surface area (Å²) in [4.78, 5) is 14.6. The highest BCUT2D eigenvalue weighted by Gasteiger charge is 2.26. The molecule has 2 aromatic rings. The number of benzene rings is 2. The SMILES string of the molecule is NC(=S)Nc1ccccc1C(=O)N1CCc2ccccc21. The summed E-state index contributed by atoms with van der Waals surface area (Å²) in [6, 6.07) is 15.2. The van der Waals surface area contributed by atoms with Crippen molar-refractivity contribution in [2.24, 2.45) is 5.73 Å². The lowest BCUT2D eigenvalue weighted by molar-refractivity contribution is 0.0990. The highest BCUT2D eigenvalue weighted by Crippen LogP contribution is 2.30. The van der Waals surface area contributed by atoms with Crippen LogP contribution in [0.25, 0.3) is 0 Å². The number of fused-ring (bicyclic) bond motifs is 1. The van der Waals surface area contributed by atoms with Crippen LogP contribution in [-0.2, 0) is 6.42 Å². The fraction of sp³-hybridized carbons (Fsp3) is 0.125. The maximum Gasteiger partial charge on any atom is 0.260 e. The highest BCUT2D eigenvalue weighted by atomic mass is 32.1. The van der Waals surface area contributed by atoms with Gasteiger partial charge in [-0.25, -0.2) is 0 Å². The van der Waals surface area contributed by atoms with E-state index in [9.17, 15) is 4.79 Å². The average molecular weight is 297 g/mol. The predicted molar refractivity (Wildman–Crippen MR) is 88.7 cm³/mol. The lowest BCUT2D eigenvalue weighted by atomic mass is 10.1. The molecular formula is C16H15N3OS. The smallest absolute Gasteiger partial charge is 0.260 e. The zero-order valence-electron chi connectivity index (χ0n) is 11.4. The van der Waals surface area contributed by atoms with Crippen molar-refractivity contribution in [3.63, 3.8) is 0 Å². The Morgan fingerprint density at radius 1 is 1.14 bits per heavy atom. The zero-order valence-corrected chi connectivity index (χ0v) is 12.2. The molecule has 0 unspecified atom stereocenters. The molecule has 1 aliphatic heterocycles. The third-order valence-electron chi connectivity index (χ3n) is 3.55. The van der Waals surface area contributed by atoms with E-state index in [0.29, 0.717) is 17.8 Å². The fourth-order valence-corrected chi connectivity index (χ4v) is 2.72. The van der Waals surface area contributed by atoms with Crippen LogP contribution in [0.2, 0.25) is 0 Å². The van der Waals surface area contributed by atoms with Crippen LogP contribution in [0.15, 0.2) is 48.5 Å². The second-order valence-electron chi connectivity index (χ2n) is 4.87. The predicted octanol–water partition coefficient (Wildman–Crippen LogP) is 2.55. The van der Waals surface area contributed by atoms with Gasteiger partial charge in [0.25, 0.3) is 5.91 Å². The minimum Gasteiger partial charge on any atom is -0.376 e. The molecule has 21 heavy (non-hydrogen) atoms. The summed E-state index contributed by atoms with van der Waals surface area (Å²) in [6.07, 6.45) is 0.882. The Bertz CT molecular complexity index is 714. The van der Waals surface area contributed by atoms with Crippen LogP contribution in [0, 0.1) is 0 Å². The van der Waals surface area contributed by atoms with Gasteiger partial charge in [0.15, 0.2) is 5.11 Å². The van der Waals surface area contributed by atoms with Gasteiger partial charge in [-0.1, -0.05) is 30.3 Å². The van der Waals surface area contributed by atoms with Crippen molar-refractivity contribution in [1.29, 1.82) is 0 Å². The topological polar surface area (TPSA) is 58.4 Å². The van der Waals surface area contributed by atoms with Gasteiger partial charge in [0.05, 0.1) is 11.3 Å². The molecule has 4 nitrogen and oxygen atoms in total. The number of para-hydroxylation sites is 2. The summed E-state index contributed by atoms with van der Waals surface area (Å²) in [7, 11) is 0. The van der Waals surface area contributed by atoms with E-state index in [-0.39, 0.29) is 11.0 Å². The van der Waals surface area contributed by atoms with Crippen molar-refractivity contribution < 1.29 is 4.79 Å². The first kappa shape index (κ1) is 13.6. The second-order valence-corrected chi connectivity index (χ2v) is 5.31. The quantitative estimate of drug-likeness (QED) is 0.836. The van der Waals surface area contributed by atoms with Crippen LogP contribution in [-0.4, -0.2) is 17.6 Å². The van der Waals surface area contributed by atoms with Gasteiger partial charge in [0.1, 0.15) is 0 Å². The molecule has 3 N–H and O–H groups in total. The molecule has 0 spiro atoms. The van der Waals surface area contributed by atoms with Gasteiger partial charge in [-0.15, -0.1) is 0 Å². The van der Waals surface area contributed by atoms with Gasteiger partial charge in [0.2, 0.25) is 0 Å². The number of amides is 1. The van der Waals surface area contributed by atoms with E-state index in [1.165, 1.54) is 5.56 Å². The van der Waals surface area contributed by atoms with Crippen LogP contribution >= 0.6 is 12.2 Å². The number of anilines is 2. The first-order chi connectivity index (χ1) is 10.2. The standard InChI is InChI=1S/C16H15N3OS/c17-16(21)18-13-7-3-2-6-12(13)15(20)19-10-9-11-5-1-4-8-14(11)19/h1-8H,9-10H2,(H3,17,18,21). The average Bonchev–Trinajstić information content (AvgIpc) is 2.90. The van der Waals surface area contributed by atoms with Gasteiger partial charge in [-0.05, 0) is 42.4 Å². The van der Waals surface area contributed by atoms with E-state index in [0.717, 1.165) is 12.1 Å². The molecule has 0 atom stereocenters. The van der Waals surface area contributed by atoms with Crippen LogP contribution in [0.5, 0.6) is 0 Å². The molecule has 1 heterocycles. The Labute approximate surface area is 128 Å². The minimum atomic E-state index is -0.0423. The molecule has 0 aliphatic carbocycles. The highest BCUT2D eigenvalue weighted by molar-refractivity contribution is 7.80. The number of nitrogens with one attached hydrogen (secondary N) is 1. The Morgan fingerprint density at radius 2 is 1.86 bits per heavy atom. The van der Waals surface area contributed by atoms with Crippen molar-refractivity contribution in [2.45, 2.75) is 6.42 Å². The molecule has 0 saturated heterocycles. The summed E-state index contributed by atoms with van der Waals surface area (Å²) >= 11 is 4.86. The lowest BCUT2D eigenvalue weighted by Gasteiger charge is -2.19. The Balaban J connectivity index is 1.95. The van der Waals surface area contributed by atoms with Crippen LogP contribution in [0.3, 0.4) is 0 Å². The van der Waals surface area contributed by atoms with Gasteiger partial charge >= 0.3 is 0 Å². The Kier molecular flexibility index (Phi) is 3.58. The molecular weight excluding hydrogens is 282 g/mol. The van der Waals surface area contributed by atoms with Crippen molar-refractivity contribution in [3.05, 3.63) is 59.7 Å². The number of nitrogens with zero attached hydrogens (tertiary/aromatic N) is 1. The van der Waals surface area contributed by atoms with E-state index in [2.05, 4.69) is 11.4 Å². The summed E-state index contributed by atoms with van der Waals surface area (Å²) in [5.74, 6) is -0.0423. The van der Waals surface area contributed by atoms with Gasteiger partial charge < -0.3 is 16.0 Å². The Morgan fingerprint density at radius 3 is 2.67 bits per heavy atom. The summed E-state index contributed by atoms with van der Waals surface area (Å²) in [5.41, 5.74) is 8.91. The normalized spacial score (nSPS) is 12.9. The molecule has 0 aromatic heterocycles. The molecule has 5 heteroatoms. The van der Waals surface area contributed by atoms with Crippen molar-refractivity contribution in [3.8, 4) is 0 Å². The summed E-state index contributed by atoms with van der Waals surface area (Å²) in [6.45, 7) is 0.694. The first-order valence-electron chi connectivity index (χ1n) is 6.72. The largest absolute Gasteiger partial charge is 0.376 e. The molecule has 3 rings (SSSR count). The molecule has 0 radical (unpaired) electrons. The molecule has 1 amide bonds. The number of hydrogen-bond donors (Lipinski definition) is 2. The monoisotopic (exact) mass is 297 g/mol. The number of thiocarbonyl (C=S) groups is 1. The second kappa shape index (κ2) is 5.54. The van der Waals surface area contributed by atoms with Gasteiger partial charge in [-0.3, -0.25) is 4.79 Å². The maximum atomic E-state index is 12.8. The van der Waals surface area contributed by atoms with E-state index in [4.69, 9.17) is 18.0 Å². The molecule has 0 bridgehead atoms. The number of carbonyl (C=O) groups excluding carboxylic acids is 1. The zero-order chi connectivity index (χ0) is 14.8. The van der Waals surface area contributed by atoms with E-state index in [1.54, 1.807) is 17.0 Å². The van der Waals surface area contributed by atoms with Crippen molar-refractivity contribution in [1.82, 2.24) is 0 Å². The third kappa shape index (κ3) is 2.60. The maximum absolute atomic E-state index is 12.8. The molecule has 0 saturated carbocycles. The van der Waals surface area contributed by atoms with Crippen molar-refractivity contribution >= 4 is 34.6 Å². The summed E-state index contributed by atoms with van der Waals surface area (Å²) < 4.78 is 0. The van der Waals surface area contributed by atoms with Crippen LogP contribution < -0.4 is 16.0 Å². The van der Waals surface area contributed by atoms with E-state index < -0.39 is 0 Å². The van der Waals surface area contributed by atoms with Gasteiger partial charge in [-0.2, -0.15) is 0 Å². The fourth-order valence-electron chi connectivity index (χ4n) is 2.61. The summed E-state index contributed by atoms with van der Waals surface area (Å²) in [5, 5.41) is 3.01. The first-order valence-corrected chi connectivity index (χ1v) is 7.13. The van der Waals surface area contributed by atoms with Crippen molar-refractivity contribution in [2.75, 3.05) is 16.8 Å². The third-order valence-corrected chi connectivity index (χ3v) is 3.65. The van der Waals surface area contributed by atoms with E-state index in [1.807, 2.05) is 30.3 Å².